The number of carbonyl (C=O) groups is 2. The summed E-state index contributed by atoms with van der Waals surface area (Å²) in [5.74, 6) is -0.241. The molecule has 0 radical (unpaired) electrons. The van der Waals surface area contributed by atoms with Gasteiger partial charge < -0.3 is 15.5 Å². The monoisotopic (exact) mass is 510 g/mol. The first-order valence-electron chi connectivity index (χ1n) is 12.7. The van der Waals surface area contributed by atoms with E-state index < -0.39 is 11.0 Å². The summed E-state index contributed by atoms with van der Waals surface area (Å²) in [4.78, 5) is 40.2. The number of carbonyl (C=O) groups excluding carboxylic acids is 2. The molecule has 1 unspecified atom stereocenters. The molecule has 1 heterocycles. The summed E-state index contributed by atoms with van der Waals surface area (Å²) in [5, 5.41) is 18.1. The molecule has 0 aromatic heterocycles. The molecule has 8 heteroatoms. The molecule has 2 N–H and O–H groups in total. The van der Waals surface area contributed by atoms with Gasteiger partial charge in [-0.25, -0.2) is 0 Å². The smallest absolute Gasteiger partial charge is 0.269 e. The highest BCUT2D eigenvalue weighted by atomic mass is 16.6. The fourth-order valence-corrected chi connectivity index (χ4v) is 5.39. The topological polar surface area (TPSA) is 105 Å². The number of benzene rings is 3. The predicted molar refractivity (Wildman–Crippen MR) is 147 cm³/mol. The number of non-ortho nitro benzene ring substituents is 1. The van der Waals surface area contributed by atoms with Crippen molar-refractivity contribution in [3.05, 3.63) is 111 Å². The number of nitrogens with one attached hydrogen (secondary N) is 2. The Bertz CT molecular complexity index is 1430. The molecule has 0 bridgehead atoms. The van der Waals surface area contributed by atoms with E-state index in [1.807, 2.05) is 59.5 Å². The molecule has 8 nitrogen and oxygen atoms in total. The molecule has 0 fully saturated rings. The maximum absolute atomic E-state index is 13.7. The molecular weight excluding hydrogens is 480 g/mol. The van der Waals surface area contributed by atoms with E-state index in [-0.39, 0.29) is 29.3 Å². The number of amides is 1. The molecule has 1 aliphatic carbocycles. The lowest BCUT2D eigenvalue weighted by molar-refractivity contribution is -0.384. The van der Waals surface area contributed by atoms with Crippen LogP contribution in [0.3, 0.4) is 0 Å². The number of anilines is 2. The van der Waals surface area contributed by atoms with Crippen molar-refractivity contribution in [1.82, 2.24) is 5.32 Å². The number of rotatable bonds is 6. The highest BCUT2D eigenvalue weighted by Crippen LogP contribution is 2.48. The molecule has 0 saturated carbocycles. The molecule has 5 rings (SSSR count). The summed E-state index contributed by atoms with van der Waals surface area (Å²) in [6.07, 6.45) is 0.991. The van der Waals surface area contributed by atoms with Crippen LogP contribution in [0, 0.1) is 15.5 Å². The highest BCUT2D eigenvalue weighted by molar-refractivity contribution is 6.02. The Hall–Kier alpha value is -4.46. The van der Waals surface area contributed by atoms with Crippen molar-refractivity contribution in [2.24, 2.45) is 5.41 Å². The van der Waals surface area contributed by atoms with Crippen LogP contribution in [0.2, 0.25) is 0 Å². The summed E-state index contributed by atoms with van der Waals surface area (Å²) in [7, 11) is 0. The minimum absolute atomic E-state index is 0.0252. The average Bonchev–Trinajstić information content (AvgIpc) is 3.02. The quantitative estimate of drug-likeness (QED) is 0.334. The number of hydrogen-bond donors (Lipinski definition) is 2. The lowest BCUT2D eigenvalue weighted by Gasteiger charge is -2.37. The van der Waals surface area contributed by atoms with Gasteiger partial charge >= 0.3 is 0 Å². The number of hydrogen-bond acceptors (Lipinski definition) is 6. The first-order chi connectivity index (χ1) is 18.2. The third-order valence-electron chi connectivity index (χ3n) is 7.05. The second kappa shape index (κ2) is 10.1. The standard InChI is InChI=1S/C30H30N4O4/c1-30(2)16-24-28(26(35)17-30)29(21-11-8-12-22(15-21)34(37)38)33(25-14-7-6-13-23(25)32-24)19-27(36)31-18-20-9-4-3-5-10-20/h3-15,29,32H,16-19H2,1-2H3,(H,31,36). The van der Waals surface area contributed by atoms with E-state index in [0.717, 1.165) is 22.6 Å². The third-order valence-corrected chi connectivity index (χ3v) is 7.05. The van der Waals surface area contributed by atoms with Crippen molar-refractivity contribution in [2.45, 2.75) is 39.3 Å². The summed E-state index contributed by atoms with van der Waals surface area (Å²) in [5.41, 5.74) is 4.14. The first kappa shape index (κ1) is 25.2. The van der Waals surface area contributed by atoms with Crippen molar-refractivity contribution in [3.63, 3.8) is 0 Å². The number of nitro benzene ring substituents is 1. The Morgan fingerprint density at radius 1 is 1.05 bits per heavy atom. The Kier molecular flexibility index (Phi) is 6.72. The van der Waals surface area contributed by atoms with Crippen molar-refractivity contribution in [2.75, 3.05) is 16.8 Å². The van der Waals surface area contributed by atoms with Crippen LogP contribution in [0.1, 0.15) is 43.9 Å². The van der Waals surface area contributed by atoms with Crippen molar-refractivity contribution < 1.29 is 14.5 Å². The predicted octanol–water partition coefficient (Wildman–Crippen LogP) is 5.53. The lowest BCUT2D eigenvalue weighted by Crippen LogP contribution is -2.41. The van der Waals surface area contributed by atoms with E-state index in [0.29, 0.717) is 30.5 Å². The Morgan fingerprint density at radius 2 is 1.79 bits per heavy atom. The summed E-state index contributed by atoms with van der Waals surface area (Å²) >= 11 is 0. The SMILES string of the molecule is CC1(C)CC(=O)C2=C(C1)Nc1ccccc1N(CC(=O)NCc1ccccc1)C2c1cccc([N+](=O)[O-])c1. The van der Waals surface area contributed by atoms with Gasteiger partial charge in [-0.15, -0.1) is 0 Å². The van der Waals surface area contributed by atoms with Gasteiger partial charge in [0.05, 0.1) is 28.9 Å². The van der Waals surface area contributed by atoms with E-state index in [2.05, 4.69) is 24.5 Å². The zero-order valence-corrected chi connectivity index (χ0v) is 21.4. The molecule has 3 aromatic carbocycles. The van der Waals surface area contributed by atoms with Crippen LogP contribution in [-0.2, 0) is 16.1 Å². The van der Waals surface area contributed by atoms with Crippen molar-refractivity contribution >= 4 is 28.8 Å². The highest BCUT2D eigenvalue weighted by Gasteiger charge is 2.42. The Balaban J connectivity index is 1.61. The number of allylic oxidation sites excluding steroid dienone is 1. The van der Waals surface area contributed by atoms with Gasteiger partial charge in [0.25, 0.3) is 5.69 Å². The van der Waals surface area contributed by atoms with E-state index in [9.17, 15) is 19.7 Å². The van der Waals surface area contributed by atoms with Crippen LogP contribution >= 0.6 is 0 Å². The molecule has 0 spiro atoms. The van der Waals surface area contributed by atoms with Gasteiger partial charge in [-0.1, -0.05) is 68.4 Å². The van der Waals surface area contributed by atoms with Crippen LogP contribution in [0.15, 0.2) is 90.1 Å². The van der Waals surface area contributed by atoms with Gasteiger partial charge in [0.2, 0.25) is 5.91 Å². The third kappa shape index (κ3) is 5.16. The maximum atomic E-state index is 13.7. The molecule has 1 atom stereocenters. The van der Waals surface area contributed by atoms with Crippen molar-refractivity contribution in [3.8, 4) is 0 Å². The van der Waals surface area contributed by atoms with E-state index in [1.54, 1.807) is 12.1 Å². The van der Waals surface area contributed by atoms with Gasteiger partial charge in [-0.3, -0.25) is 19.7 Å². The zero-order chi connectivity index (χ0) is 26.9. The molecule has 2 aliphatic rings. The molecule has 0 saturated heterocycles. The van der Waals surface area contributed by atoms with Gasteiger partial charge in [0.1, 0.15) is 0 Å². The second-order valence-corrected chi connectivity index (χ2v) is 10.6. The van der Waals surface area contributed by atoms with Crippen LogP contribution in [0.5, 0.6) is 0 Å². The number of Topliss-reactive ketones (excluding diaryl/α,β-unsaturated/α-hetero) is 1. The van der Waals surface area contributed by atoms with E-state index in [4.69, 9.17) is 0 Å². The average molecular weight is 511 g/mol. The van der Waals surface area contributed by atoms with Crippen LogP contribution in [0.25, 0.3) is 0 Å². The largest absolute Gasteiger partial charge is 0.357 e. The molecule has 194 valence electrons. The normalized spacial score (nSPS) is 18.1. The number of nitrogens with zero attached hydrogens (tertiary/aromatic N) is 2. The Morgan fingerprint density at radius 3 is 2.55 bits per heavy atom. The van der Waals surface area contributed by atoms with Crippen LogP contribution in [0.4, 0.5) is 17.1 Å². The van der Waals surface area contributed by atoms with Gasteiger partial charge in [-0.05, 0) is 35.1 Å². The molecular formula is C30H30N4O4. The number of nitro groups is 1. The van der Waals surface area contributed by atoms with Crippen molar-refractivity contribution in [1.29, 1.82) is 0 Å². The van der Waals surface area contributed by atoms with Gasteiger partial charge in [0, 0.05) is 36.4 Å². The van der Waals surface area contributed by atoms with Gasteiger partial charge in [0.15, 0.2) is 5.78 Å². The van der Waals surface area contributed by atoms with E-state index in [1.165, 1.54) is 12.1 Å². The zero-order valence-electron chi connectivity index (χ0n) is 21.4. The number of fused-ring (bicyclic) bond motifs is 1. The number of ketones is 1. The summed E-state index contributed by atoms with van der Waals surface area (Å²) < 4.78 is 0. The van der Waals surface area contributed by atoms with Gasteiger partial charge in [-0.2, -0.15) is 0 Å². The van der Waals surface area contributed by atoms with Crippen LogP contribution < -0.4 is 15.5 Å². The first-order valence-corrected chi connectivity index (χ1v) is 12.7. The minimum atomic E-state index is -0.674. The molecule has 38 heavy (non-hydrogen) atoms. The van der Waals surface area contributed by atoms with E-state index >= 15 is 0 Å². The molecule has 3 aromatic rings. The maximum Gasteiger partial charge on any atom is 0.269 e. The summed E-state index contributed by atoms with van der Waals surface area (Å²) in [6.45, 7) is 4.46. The fourth-order valence-electron chi connectivity index (χ4n) is 5.39. The molecule has 1 aliphatic heterocycles. The lowest BCUT2D eigenvalue weighted by atomic mass is 9.73. The fraction of sp³-hybridized carbons (Fsp3) is 0.267. The minimum Gasteiger partial charge on any atom is -0.357 e. The summed E-state index contributed by atoms with van der Waals surface area (Å²) in [6, 6.07) is 22.9. The number of para-hydroxylation sites is 2. The second-order valence-electron chi connectivity index (χ2n) is 10.6. The Labute approximate surface area is 221 Å². The van der Waals surface area contributed by atoms with Crippen LogP contribution in [-0.4, -0.2) is 23.2 Å². The molecule has 1 amide bonds.